The van der Waals surface area contributed by atoms with Crippen LogP contribution in [0.25, 0.3) is 0 Å². The number of halogens is 1. The summed E-state index contributed by atoms with van der Waals surface area (Å²) in [5, 5.41) is 4.87. The highest BCUT2D eigenvalue weighted by molar-refractivity contribution is 7.16. The van der Waals surface area contributed by atoms with Gasteiger partial charge in [0, 0.05) is 4.88 Å². The Hall–Kier alpha value is -2.18. The van der Waals surface area contributed by atoms with Crippen LogP contribution in [-0.2, 0) is 11.2 Å². The van der Waals surface area contributed by atoms with Crippen LogP contribution < -0.4 is 10.6 Å². The van der Waals surface area contributed by atoms with E-state index in [9.17, 15) is 14.4 Å². The molecule has 1 aliphatic rings. The second-order valence-electron chi connectivity index (χ2n) is 4.44. The lowest BCUT2D eigenvalue weighted by Crippen LogP contribution is -2.21. The Morgan fingerprint density at radius 3 is 2.71 bits per heavy atom. The van der Waals surface area contributed by atoms with Gasteiger partial charge < -0.3 is 5.32 Å². The topological polar surface area (TPSA) is 75.3 Å². The fraction of sp³-hybridized carbons (Fsp3) is 0.0714. The number of hydrogen-bond donors (Lipinski definition) is 2. The molecule has 3 amide bonds. The summed E-state index contributed by atoms with van der Waals surface area (Å²) in [6.45, 7) is 0. The van der Waals surface area contributed by atoms with E-state index >= 15 is 0 Å². The molecule has 0 radical (unpaired) electrons. The summed E-state index contributed by atoms with van der Waals surface area (Å²) in [5.74, 6) is -1.21. The van der Waals surface area contributed by atoms with E-state index in [4.69, 9.17) is 11.6 Å². The molecule has 0 saturated carbocycles. The highest BCUT2D eigenvalue weighted by Gasteiger charge is 2.29. The van der Waals surface area contributed by atoms with Crippen molar-refractivity contribution >= 4 is 46.3 Å². The van der Waals surface area contributed by atoms with E-state index in [0.29, 0.717) is 10.0 Å². The van der Waals surface area contributed by atoms with Gasteiger partial charge in [0.25, 0.3) is 11.8 Å². The van der Waals surface area contributed by atoms with Crippen molar-refractivity contribution in [3.63, 3.8) is 0 Å². The summed E-state index contributed by atoms with van der Waals surface area (Å²) in [6, 6.07) is 8.26. The maximum atomic E-state index is 12.0. The summed E-state index contributed by atoms with van der Waals surface area (Å²) >= 11 is 7.14. The van der Waals surface area contributed by atoms with Crippen molar-refractivity contribution < 1.29 is 14.4 Å². The third-order valence-corrected chi connectivity index (χ3v) is 4.23. The Bertz CT molecular complexity index is 769. The summed E-state index contributed by atoms with van der Waals surface area (Å²) in [4.78, 5) is 36.1. The van der Waals surface area contributed by atoms with Gasteiger partial charge in [-0.3, -0.25) is 19.7 Å². The Kier molecular flexibility index (Phi) is 3.48. The molecule has 1 aromatic heterocycles. The monoisotopic (exact) mass is 320 g/mol. The average molecular weight is 321 g/mol. The van der Waals surface area contributed by atoms with Crippen molar-refractivity contribution in [1.82, 2.24) is 5.32 Å². The van der Waals surface area contributed by atoms with E-state index < -0.39 is 11.8 Å². The predicted molar refractivity (Wildman–Crippen MR) is 79.9 cm³/mol. The Balaban J connectivity index is 1.81. The molecule has 2 N–H and O–H groups in total. The summed E-state index contributed by atoms with van der Waals surface area (Å²) in [5.41, 5.74) is 0.820. The lowest BCUT2D eigenvalue weighted by molar-refractivity contribution is -0.115. The van der Waals surface area contributed by atoms with Crippen molar-refractivity contribution in [2.45, 2.75) is 6.42 Å². The van der Waals surface area contributed by atoms with Crippen LogP contribution in [0.1, 0.15) is 25.6 Å². The average Bonchev–Trinajstić information content (AvgIpc) is 2.95. The minimum absolute atomic E-state index is 0.163. The van der Waals surface area contributed by atoms with Crippen LogP contribution in [0.3, 0.4) is 0 Å². The zero-order valence-corrected chi connectivity index (χ0v) is 12.2. The number of amides is 3. The lowest BCUT2D eigenvalue weighted by atomic mass is 10.1. The molecular formula is C14H9ClN2O3S. The second kappa shape index (κ2) is 5.31. The summed E-state index contributed by atoms with van der Waals surface area (Å²) in [6.07, 6.45) is 0.163. The van der Waals surface area contributed by atoms with E-state index in [1.807, 2.05) is 0 Å². The number of carbonyl (C=O) groups is 3. The van der Waals surface area contributed by atoms with Crippen molar-refractivity contribution in [2.24, 2.45) is 0 Å². The maximum Gasteiger partial charge on any atom is 0.261 e. The van der Waals surface area contributed by atoms with Crippen molar-refractivity contribution in [2.75, 3.05) is 5.32 Å². The molecule has 0 spiro atoms. The molecule has 0 fully saturated rings. The molecule has 21 heavy (non-hydrogen) atoms. The van der Waals surface area contributed by atoms with Crippen LogP contribution in [0.2, 0.25) is 4.34 Å². The molecule has 106 valence electrons. The smallest absolute Gasteiger partial charge is 0.261 e. The third-order valence-electron chi connectivity index (χ3n) is 3.00. The van der Waals surface area contributed by atoms with Crippen LogP contribution in [0.4, 0.5) is 5.69 Å². The molecule has 3 rings (SSSR count). The van der Waals surface area contributed by atoms with Gasteiger partial charge >= 0.3 is 0 Å². The minimum atomic E-state index is -0.495. The molecule has 7 heteroatoms. The molecule has 0 bridgehead atoms. The number of thiophene rings is 1. The number of benzene rings is 1. The quantitative estimate of drug-likeness (QED) is 0.853. The molecular weight excluding hydrogens is 312 g/mol. The number of anilines is 1. The van der Waals surface area contributed by atoms with Crippen LogP contribution in [-0.4, -0.2) is 17.7 Å². The first kappa shape index (κ1) is 13.8. The normalized spacial score (nSPS) is 13.0. The first-order valence-electron chi connectivity index (χ1n) is 6.07. The van der Waals surface area contributed by atoms with Gasteiger partial charge in [0.05, 0.1) is 27.6 Å². The lowest BCUT2D eigenvalue weighted by Gasteiger charge is -2.07. The van der Waals surface area contributed by atoms with Crippen LogP contribution in [0.5, 0.6) is 0 Å². The molecule has 1 aromatic carbocycles. The highest BCUT2D eigenvalue weighted by Crippen LogP contribution is 2.25. The fourth-order valence-electron chi connectivity index (χ4n) is 2.12. The van der Waals surface area contributed by atoms with E-state index in [-0.39, 0.29) is 23.5 Å². The number of nitrogens with one attached hydrogen (secondary N) is 2. The standard InChI is InChI=1S/C14H9ClN2O3S/c15-10-5-4-7(21-10)6-11(18)16-9-3-1-2-8-12(9)14(20)17-13(8)19/h1-5H,6H2,(H,16,18)(H,17,19,20). The predicted octanol–water partition coefficient (Wildman–Crippen LogP) is 2.47. The Morgan fingerprint density at radius 1 is 1.19 bits per heavy atom. The Labute approximate surface area is 128 Å². The fourth-order valence-corrected chi connectivity index (χ4v) is 3.21. The van der Waals surface area contributed by atoms with E-state index in [1.165, 1.54) is 11.3 Å². The number of rotatable bonds is 3. The summed E-state index contributed by atoms with van der Waals surface area (Å²) in [7, 11) is 0. The van der Waals surface area contributed by atoms with Crippen LogP contribution in [0, 0.1) is 0 Å². The van der Waals surface area contributed by atoms with E-state index in [2.05, 4.69) is 10.6 Å². The SMILES string of the molecule is O=C(Cc1ccc(Cl)s1)Nc1cccc2c1C(=O)NC2=O. The molecule has 0 aliphatic carbocycles. The van der Waals surface area contributed by atoms with Crippen molar-refractivity contribution in [1.29, 1.82) is 0 Å². The van der Waals surface area contributed by atoms with E-state index in [0.717, 1.165) is 4.88 Å². The largest absolute Gasteiger partial charge is 0.325 e. The molecule has 0 atom stereocenters. The zero-order valence-electron chi connectivity index (χ0n) is 10.6. The van der Waals surface area contributed by atoms with Gasteiger partial charge in [0.15, 0.2) is 0 Å². The first-order chi connectivity index (χ1) is 10.0. The number of imide groups is 1. The van der Waals surface area contributed by atoms with Gasteiger partial charge in [0.1, 0.15) is 0 Å². The number of carbonyl (C=O) groups excluding carboxylic acids is 3. The number of fused-ring (bicyclic) bond motifs is 1. The van der Waals surface area contributed by atoms with Gasteiger partial charge in [-0.15, -0.1) is 11.3 Å². The maximum absolute atomic E-state index is 12.0. The number of hydrogen-bond acceptors (Lipinski definition) is 4. The van der Waals surface area contributed by atoms with E-state index in [1.54, 1.807) is 30.3 Å². The molecule has 0 unspecified atom stereocenters. The molecule has 0 saturated heterocycles. The van der Waals surface area contributed by atoms with Gasteiger partial charge in [-0.2, -0.15) is 0 Å². The molecule has 2 heterocycles. The molecule has 1 aliphatic heterocycles. The summed E-state index contributed by atoms with van der Waals surface area (Å²) < 4.78 is 0.614. The highest BCUT2D eigenvalue weighted by atomic mass is 35.5. The van der Waals surface area contributed by atoms with Crippen LogP contribution in [0.15, 0.2) is 30.3 Å². The van der Waals surface area contributed by atoms with Crippen LogP contribution >= 0.6 is 22.9 Å². The van der Waals surface area contributed by atoms with Crippen molar-refractivity contribution in [3.05, 3.63) is 50.7 Å². The molecule has 5 nitrogen and oxygen atoms in total. The van der Waals surface area contributed by atoms with Crippen molar-refractivity contribution in [3.8, 4) is 0 Å². The Morgan fingerprint density at radius 2 is 2.00 bits per heavy atom. The van der Waals surface area contributed by atoms with Gasteiger partial charge in [-0.1, -0.05) is 17.7 Å². The third kappa shape index (κ3) is 2.68. The van der Waals surface area contributed by atoms with Gasteiger partial charge in [-0.25, -0.2) is 0 Å². The first-order valence-corrected chi connectivity index (χ1v) is 7.27. The zero-order chi connectivity index (χ0) is 15.0. The molecule has 2 aromatic rings. The second-order valence-corrected chi connectivity index (χ2v) is 6.24. The van der Waals surface area contributed by atoms with Gasteiger partial charge in [-0.05, 0) is 24.3 Å². The minimum Gasteiger partial charge on any atom is -0.325 e. The van der Waals surface area contributed by atoms with Gasteiger partial charge in [0.2, 0.25) is 5.91 Å².